The number of nitrogens with zero attached hydrogens (tertiary/aromatic N) is 2. The van der Waals surface area contributed by atoms with E-state index in [9.17, 15) is 5.11 Å². The molecule has 0 spiro atoms. The van der Waals surface area contributed by atoms with E-state index in [1.165, 1.54) is 0 Å². The average molecular weight is 260 g/mol. The zero-order valence-electron chi connectivity index (χ0n) is 11.6. The first-order valence-electron chi connectivity index (χ1n) is 6.43. The Morgan fingerprint density at radius 1 is 1.37 bits per heavy atom. The Hall–Kier alpha value is -1.65. The maximum absolute atomic E-state index is 9.41. The smallest absolute Gasteiger partial charge is 0.0954 e. The van der Waals surface area contributed by atoms with Gasteiger partial charge in [-0.2, -0.15) is 0 Å². The van der Waals surface area contributed by atoms with Gasteiger partial charge in [0.05, 0.1) is 37.0 Å². The Labute approximate surface area is 113 Å². The van der Waals surface area contributed by atoms with E-state index >= 15 is 0 Å². The highest BCUT2D eigenvalue weighted by Crippen LogP contribution is 2.23. The molecule has 0 saturated heterocycles. The van der Waals surface area contributed by atoms with Crippen LogP contribution in [-0.4, -0.2) is 20.8 Å². The van der Waals surface area contributed by atoms with Crippen LogP contribution in [0, 0.1) is 0 Å². The minimum Gasteiger partial charge on any atom is -0.390 e. The van der Waals surface area contributed by atoms with Crippen LogP contribution in [-0.2, 0) is 25.0 Å². The van der Waals surface area contributed by atoms with Crippen LogP contribution in [0.25, 0.3) is 11.3 Å². The summed E-state index contributed by atoms with van der Waals surface area (Å²) in [6.07, 6.45) is 1.93. The molecule has 0 aliphatic heterocycles. The van der Waals surface area contributed by atoms with Gasteiger partial charge in [0.15, 0.2) is 0 Å². The van der Waals surface area contributed by atoms with Crippen LogP contribution in [0.1, 0.15) is 25.1 Å². The molecule has 1 heterocycles. The van der Waals surface area contributed by atoms with Crippen LogP contribution in [0.15, 0.2) is 30.6 Å². The highest BCUT2D eigenvalue weighted by Gasteiger charge is 2.10. The second-order valence-electron chi connectivity index (χ2n) is 4.87. The number of imidazole rings is 1. The zero-order chi connectivity index (χ0) is 13.8. The van der Waals surface area contributed by atoms with E-state index in [0.29, 0.717) is 6.61 Å². The molecule has 4 heteroatoms. The predicted octanol–water partition coefficient (Wildman–Crippen LogP) is 2.50. The summed E-state index contributed by atoms with van der Waals surface area (Å²) in [6.45, 7) is 4.62. The molecule has 102 valence electrons. The third kappa shape index (κ3) is 3.22. The van der Waals surface area contributed by atoms with Gasteiger partial charge in [-0.3, -0.25) is 0 Å². The molecule has 0 radical (unpaired) electrons. The molecule has 0 bridgehead atoms. The number of benzene rings is 1. The second kappa shape index (κ2) is 5.99. The predicted molar refractivity (Wildman–Crippen MR) is 74.5 cm³/mol. The monoisotopic (exact) mass is 260 g/mol. The van der Waals surface area contributed by atoms with Crippen molar-refractivity contribution in [3.05, 3.63) is 41.9 Å². The number of rotatable bonds is 5. The van der Waals surface area contributed by atoms with E-state index in [2.05, 4.69) is 11.1 Å². The topological polar surface area (TPSA) is 47.3 Å². The molecule has 2 rings (SSSR count). The largest absolute Gasteiger partial charge is 0.390 e. The Kier molecular flexibility index (Phi) is 4.35. The maximum atomic E-state index is 9.41. The number of aliphatic hydroxyl groups excluding tert-OH is 1. The maximum Gasteiger partial charge on any atom is 0.0954 e. The minimum absolute atomic E-state index is 0.0153. The van der Waals surface area contributed by atoms with Crippen molar-refractivity contribution in [2.24, 2.45) is 7.05 Å². The van der Waals surface area contributed by atoms with Gasteiger partial charge in [0.2, 0.25) is 0 Å². The first-order valence-corrected chi connectivity index (χ1v) is 6.43. The van der Waals surface area contributed by atoms with Gasteiger partial charge in [0, 0.05) is 12.6 Å². The highest BCUT2D eigenvalue weighted by atomic mass is 16.5. The Morgan fingerprint density at radius 2 is 2.16 bits per heavy atom. The van der Waals surface area contributed by atoms with Gasteiger partial charge in [-0.15, -0.1) is 0 Å². The molecule has 0 aliphatic carbocycles. The summed E-state index contributed by atoms with van der Waals surface area (Å²) in [4.78, 5) is 4.36. The van der Waals surface area contributed by atoms with E-state index in [1.54, 1.807) is 6.33 Å². The van der Waals surface area contributed by atoms with Crippen molar-refractivity contribution in [1.29, 1.82) is 0 Å². The molecule has 0 aliphatic rings. The summed E-state index contributed by atoms with van der Waals surface area (Å²) in [5.41, 5.74) is 3.77. The summed E-state index contributed by atoms with van der Waals surface area (Å²) < 4.78 is 7.45. The fourth-order valence-electron chi connectivity index (χ4n) is 1.95. The van der Waals surface area contributed by atoms with E-state index in [-0.39, 0.29) is 12.7 Å². The lowest BCUT2D eigenvalue weighted by Crippen LogP contribution is -2.02. The molecular weight excluding hydrogens is 240 g/mol. The molecule has 0 fully saturated rings. The highest BCUT2D eigenvalue weighted by molar-refractivity contribution is 5.62. The number of aromatic nitrogens is 2. The third-order valence-electron chi connectivity index (χ3n) is 2.99. The molecule has 4 nitrogen and oxygen atoms in total. The lowest BCUT2D eigenvalue weighted by molar-refractivity contribution is 0.0657. The number of aryl methyl sites for hydroxylation is 1. The molecule has 1 aromatic heterocycles. The van der Waals surface area contributed by atoms with Crippen LogP contribution in [0.2, 0.25) is 0 Å². The van der Waals surface area contributed by atoms with E-state index in [1.807, 2.05) is 43.7 Å². The van der Waals surface area contributed by atoms with Gasteiger partial charge in [0.25, 0.3) is 0 Å². The summed E-state index contributed by atoms with van der Waals surface area (Å²) in [7, 11) is 1.88. The number of ether oxygens (including phenoxy) is 1. The molecule has 2 aromatic rings. The first kappa shape index (κ1) is 13.8. The van der Waals surface area contributed by atoms with Crippen LogP contribution in [0.4, 0.5) is 0 Å². The number of aliphatic hydroxyl groups is 1. The van der Waals surface area contributed by atoms with Crippen LogP contribution in [0.5, 0.6) is 0 Å². The van der Waals surface area contributed by atoms with E-state index in [4.69, 9.17) is 4.74 Å². The van der Waals surface area contributed by atoms with Crippen molar-refractivity contribution < 1.29 is 9.84 Å². The van der Waals surface area contributed by atoms with Gasteiger partial charge in [-0.25, -0.2) is 4.98 Å². The fourth-order valence-corrected chi connectivity index (χ4v) is 1.95. The van der Waals surface area contributed by atoms with Crippen molar-refractivity contribution in [2.45, 2.75) is 33.2 Å². The zero-order valence-corrected chi connectivity index (χ0v) is 11.6. The Bertz CT molecular complexity index is 547. The molecule has 1 N–H and O–H groups in total. The van der Waals surface area contributed by atoms with E-state index < -0.39 is 0 Å². The van der Waals surface area contributed by atoms with Crippen molar-refractivity contribution in [1.82, 2.24) is 9.55 Å². The van der Waals surface area contributed by atoms with Gasteiger partial charge < -0.3 is 14.4 Å². The first-order chi connectivity index (χ1) is 9.11. The Morgan fingerprint density at radius 3 is 2.84 bits per heavy atom. The van der Waals surface area contributed by atoms with Crippen LogP contribution < -0.4 is 0 Å². The number of hydrogen-bond acceptors (Lipinski definition) is 3. The lowest BCUT2D eigenvalue weighted by atomic mass is 10.1. The lowest BCUT2D eigenvalue weighted by Gasteiger charge is -2.09. The van der Waals surface area contributed by atoms with Gasteiger partial charge >= 0.3 is 0 Å². The average Bonchev–Trinajstić information content (AvgIpc) is 2.78. The van der Waals surface area contributed by atoms with Crippen molar-refractivity contribution >= 4 is 0 Å². The minimum atomic E-state index is -0.0153. The second-order valence-corrected chi connectivity index (χ2v) is 4.87. The molecule has 0 saturated carbocycles. The molecule has 1 aromatic carbocycles. The van der Waals surface area contributed by atoms with Crippen molar-refractivity contribution in [2.75, 3.05) is 0 Å². The van der Waals surface area contributed by atoms with Gasteiger partial charge in [-0.05, 0) is 25.5 Å². The van der Waals surface area contributed by atoms with Gasteiger partial charge in [0.1, 0.15) is 0 Å². The quantitative estimate of drug-likeness (QED) is 0.898. The molecule has 0 atom stereocenters. The number of hydrogen-bond donors (Lipinski definition) is 1. The standard InChI is InChI=1S/C15H20N2O2/c1-11(2)19-9-12-5-4-6-13(7-12)15-14(8-18)17(3)10-16-15/h4-7,10-11,18H,8-9H2,1-3H3. The third-order valence-corrected chi connectivity index (χ3v) is 2.99. The van der Waals surface area contributed by atoms with Crippen molar-refractivity contribution in [3.8, 4) is 11.3 Å². The summed E-state index contributed by atoms with van der Waals surface area (Å²) in [5.74, 6) is 0. The summed E-state index contributed by atoms with van der Waals surface area (Å²) >= 11 is 0. The molecule has 0 amide bonds. The molecular formula is C15H20N2O2. The SMILES string of the molecule is CC(C)OCc1cccc(-c2ncn(C)c2CO)c1. The molecule has 0 unspecified atom stereocenters. The fraction of sp³-hybridized carbons (Fsp3) is 0.400. The van der Waals surface area contributed by atoms with E-state index in [0.717, 1.165) is 22.5 Å². The summed E-state index contributed by atoms with van der Waals surface area (Å²) in [5, 5.41) is 9.41. The van der Waals surface area contributed by atoms with Crippen LogP contribution >= 0.6 is 0 Å². The molecule has 19 heavy (non-hydrogen) atoms. The Balaban J connectivity index is 2.27. The van der Waals surface area contributed by atoms with Crippen molar-refractivity contribution in [3.63, 3.8) is 0 Å². The van der Waals surface area contributed by atoms with Crippen LogP contribution in [0.3, 0.4) is 0 Å². The van der Waals surface area contributed by atoms with Gasteiger partial charge in [-0.1, -0.05) is 18.2 Å². The normalized spacial score (nSPS) is 11.2. The summed E-state index contributed by atoms with van der Waals surface area (Å²) in [6, 6.07) is 8.09.